The minimum atomic E-state index is -0.805. The van der Waals surface area contributed by atoms with Gasteiger partial charge in [0.15, 0.2) is 5.78 Å². The minimum absolute atomic E-state index is 0.0277. The molecule has 1 aliphatic heterocycles. The third-order valence-electron chi connectivity index (χ3n) is 7.26. The minimum Gasteiger partial charge on any atom is -0.485 e. The summed E-state index contributed by atoms with van der Waals surface area (Å²) < 4.78 is 6.66. The van der Waals surface area contributed by atoms with Crippen LogP contribution in [0.3, 0.4) is 0 Å². The molecule has 0 N–H and O–H groups in total. The summed E-state index contributed by atoms with van der Waals surface area (Å²) in [5, 5.41) is 10.3. The third kappa shape index (κ3) is 2.89. The lowest BCUT2D eigenvalue weighted by Crippen LogP contribution is -2.63. The molecule has 1 aliphatic carbocycles. The number of Topliss-reactive ketones (excluding diaryl/α,β-unsaturated/α-hetero) is 1. The molecule has 2 heterocycles. The lowest BCUT2D eigenvalue weighted by Gasteiger charge is -2.56. The molecule has 1 atom stereocenters. The Kier molecular flexibility index (Phi) is 4.91. The van der Waals surface area contributed by atoms with Crippen LogP contribution in [0, 0.1) is 23.3 Å². The molecule has 158 valence electrons. The van der Waals surface area contributed by atoms with E-state index in [4.69, 9.17) is 11.3 Å². The molecule has 32 heavy (non-hydrogen) atoms. The van der Waals surface area contributed by atoms with Crippen molar-refractivity contribution in [3.05, 3.63) is 71.7 Å². The summed E-state index contributed by atoms with van der Waals surface area (Å²) in [7, 11) is 0. The monoisotopic (exact) mass is 421 g/mol. The van der Waals surface area contributed by atoms with Gasteiger partial charge in [-0.25, -0.2) is 6.57 Å². The number of pyridine rings is 1. The molecule has 5 rings (SSSR count). The Balaban J connectivity index is 1.63. The van der Waals surface area contributed by atoms with Crippen LogP contribution in [0.4, 0.5) is 0 Å². The van der Waals surface area contributed by atoms with Gasteiger partial charge < -0.3 is 9.58 Å². The van der Waals surface area contributed by atoms with Crippen LogP contribution in [0.2, 0.25) is 0 Å². The Bertz CT molecular complexity index is 1270. The molecular weight excluding hydrogens is 398 g/mol. The number of rotatable bonds is 5. The van der Waals surface area contributed by atoms with Crippen molar-refractivity contribution in [2.24, 2.45) is 5.41 Å². The van der Waals surface area contributed by atoms with Gasteiger partial charge in [-0.3, -0.25) is 9.78 Å². The Morgan fingerprint density at radius 3 is 2.72 bits per heavy atom. The van der Waals surface area contributed by atoms with Crippen molar-refractivity contribution in [2.45, 2.75) is 44.1 Å². The van der Waals surface area contributed by atoms with E-state index in [1.54, 1.807) is 6.20 Å². The number of nitrogens with zero attached hydrogens (tertiary/aromatic N) is 3. The van der Waals surface area contributed by atoms with Gasteiger partial charge in [-0.2, -0.15) is 5.26 Å². The highest BCUT2D eigenvalue weighted by molar-refractivity contribution is 6.06. The molecule has 1 unspecified atom stereocenters. The Morgan fingerprint density at radius 1 is 1.12 bits per heavy atom. The van der Waals surface area contributed by atoms with Gasteiger partial charge in [0.25, 0.3) is 0 Å². The largest absolute Gasteiger partial charge is 0.485 e. The summed E-state index contributed by atoms with van der Waals surface area (Å²) in [6, 6.07) is 18.0. The number of carbonyl (C=O) groups is 1. The molecule has 0 radical (unpaired) electrons. The molecule has 1 fully saturated rings. The van der Waals surface area contributed by atoms with E-state index in [1.165, 1.54) is 0 Å². The van der Waals surface area contributed by atoms with Gasteiger partial charge in [0.2, 0.25) is 6.54 Å². The zero-order valence-electron chi connectivity index (χ0n) is 17.8. The Labute approximate surface area is 187 Å². The fourth-order valence-electron chi connectivity index (χ4n) is 5.47. The summed E-state index contributed by atoms with van der Waals surface area (Å²) in [4.78, 5) is 22.0. The van der Waals surface area contributed by atoms with E-state index >= 15 is 0 Å². The summed E-state index contributed by atoms with van der Waals surface area (Å²) >= 11 is 0. The first-order valence-corrected chi connectivity index (χ1v) is 11.1. The molecule has 5 nitrogen and oxygen atoms in total. The molecular formula is C27H23N3O2. The van der Waals surface area contributed by atoms with Gasteiger partial charge in [0.05, 0.1) is 22.6 Å². The first-order chi connectivity index (χ1) is 15.6. The van der Waals surface area contributed by atoms with E-state index in [0.29, 0.717) is 24.2 Å². The predicted octanol–water partition coefficient (Wildman–Crippen LogP) is 6.00. The van der Waals surface area contributed by atoms with Gasteiger partial charge in [-0.1, -0.05) is 30.3 Å². The maximum absolute atomic E-state index is 13.9. The fourth-order valence-corrected chi connectivity index (χ4v) is 5.47. The summed E-state index contributed by atoms with van der Waals surface area (Å²) in [6.45, 7) is 7.55. The number of benzene rings is 2. The van der Waals surface area contributed by atoms with Gasteiger partial charge in [0.1, 0.15) is 11.4 Å². The molecule has 1 saturated carbocycles. The Hall–Kier alpha value is -3.70. The number of carbonyl (C=O) groups excluding carboxylic acids is 1. The van der Waals surface area contributed by atoms with Crippen molar-refractivity contribution >= 4 is 16.7 Å². The molecule has 1 aromatic heterocycles. The number of ether oxygens (including phenoxy) is 1. The van der Waals surface area contributed by atoms with Crippen molar-refractivity contribution in [1.29, 1.82) is 5.26 Å². The van der Waals surface area contributed by atoms with Gasteiger partial charge in [-0.05, 0) is 49.4 Å². The van der Waals surface area contributed by atoms with Crippen LogP contribution < -0.4 is 4.74 Å². The van der Waals surface area contributed by atoms with E-state index in [1.807, 2.05) is 48.5 Å². The topological polar surface area (TPSA) is 67.3 Å². The fraction of sp³-hybridized carbons (Fsp3) is 0.333. The highest BCUT2D eigenvalue weighted by atomic mass is 16.5. The molecule has 5 heteroatoms. The number of fused-ring (bicyclic) bond motifs is 2. The van der Waals surface area contributed by atoms with E-state index in [2.05, 4.69) is 15.9 Å². The lowest BCUT2D eigenvalue weighted by molar-refractivity contribution is -0.112. The number of hydrogen-bond donors (Lipinski definition) is 0. The van der Waals surface area contributed by atoms with Crippen LogP contribution in [0.5, 0.6) is 5.75 Å². The normalized spacial score (nSPS) is 20.6. The third-order valence-corrected chi connectivity index (χ3v) is 7.26. The van der Waals surface area contributed by atoms with Crippen molar-refractivity contribution in [3.8, 4) is 22.9 Å². The molecule has 2 aliphatic rings. The molecule has 0 saturated heterocycles. The SMILES string of the molecule is [C-]#[N+]CCC1(CCC#N)C(=O)c2ccc(-c3cccc4cccnc34)cc2OC12CCC2. The molecule has 0 amide bonds. The lowest BCUT2D eigenvalue weighted by atomic mass is 9.54. The predicted molar refractivity (Wildman–Crippen MR) is 122 cm³/mol. The number of aromatic nitrogens is 1. The van der Waals surface area contributed by atoms with Crippen molar-refractivity contribution in [2.75, 3.05) is 6.54 Å². The van der Waals surface area contributed by atoms with Crippen molar-refractivity contribution < 1.29 is 9.53 Å². The summed E-state index contributed by atoms with van der Waals surface area (Å²) in [6.07, 6.45) is 5.49. The number of nitriles is 1. The first-order valence-electron chi connectivity index (χ1n) is 11.1. The zero-order valence-corrected chi connectivity index (χ0v) is 17.8. The highest BCUT2D eigenvalue weighted by Crippen LogP contribution is 2.58. The molecule has 3 aromatic rings. The Morgan fingerprint density at radius 2 is 1.97 bits per heavy atom. The summed E-state index contributed by atoms with van der Waals surface area (Å²) in [5.74, 6) is 0.635. The van der Waals surface area contributed by atoms with Crippen LogP contribution in [-0.4, -0.2) is 22.9 Å². The first kappa shape index (κ1) is 20.2. The van der Waals surface area contributed by atoms with E-state index in [-0.39, 0.29) is 18.7 Å². The second-order valence-electron chi connectivity index (χ2n) is 8.74. The molecule has 2 aromatic carbocycles. The van der Waals surface area contributed by atoms with Gasteiger partial charge in [-0.15, -0.1) is 0 Å². The number of ketones is 1. The van der Waals surface area contributed by atoms with Gasteiger partial charge >= 0.3 is 0 Å². The van der Waals surface area contributed by atoms with E-state index in [9.17, 15) is 10.1 Å². The highest BCUT2D eigenvalue weighted by Gasteiger charge is 2.63. The van der Waals surface area contributed by atoms with Crippen molar-refractivity contribution in [3.63, 3.8) is 0 Å². The maximum Gasteiger partial charge on any atom is 0.215 e. The van der Waals surface area contributed by atoms with Gasteiger partial charge in [0, 0.05) is 30.0 Å². The standard InChI is InChI=1S/C27H23N3O2/c1-29-17-14-26(11-5-15-28)25(31)22-10-9-20(18-23(22)32-27(26)12-4-13-27)21-8-2-6-19-7-3-16-30-24(19)21/h2-3,6-10,16,18H,4-5,11-14,17H2. The quantitative estimate of drug-likeness (QED) is 0.474. The number of para-hydroxylation sites is 1. The molecule has 1 spiro atoms. The van der Waals surface area contributed by atoms with E-state index in [0.717, 1.165) is 41.3 Å². The smallest absolute Gasteiger partial charge is 0.215 e. The average Bonchev–Trinajstić information content (AvgIpc) is 2.81. The zero-order chi connectivity index (χ0) is 22.2. The van der Waals surface area contributed by atoms with Crippen molar-refractivity contribution in [1.82, 2.24) is 4.98 Å². The summed E-state index contributed by atoms with van der Waals surface area (Å²) in [5.41, 5.74) is 2.01. The average molecular weight is 422 g/mol. The van der Waals surface area contributed by atoms with Crippen LogP contribution in [-0.2, 0) is 0 Å². The van der Waals surface area contributed by atoms with Crippen LogP contribution in [0.15, 0.2) is 54.7 Å². The van der Waals surface area contributed by atoms with Crippen LogP contribution >= 0.6 is 0 Å². The van der Waals surface area contributed by atoms with E-state index < -0.39 is 11.0 Å². The second-order valence-corrected chi connectivity index (χ2v) is 8.74. The maximum atomic E-state index is 13.9. The molecule has 0 bridgehead atoms. The van der Waals surface area contributed by atoms with Crippen LogP contribution in [0.1, 0.15) is 48.9 Å². The van der Waals surface area contributed by atoms with Crippen LogP contribution in [0.25, 0.3) is 26.9 Å². The second kappa shape index (κ2) is 7.77. The number of hydrogen-bond acceptors (Lipinski definition) is 4.